The van der Waals surface area contributed by atoms with E-state index < -0.39 is 10.0 Å². The lowest BCUT2D eigenvalue weighted by molar-refractivity contribution is 0.0953. The van der Waals surface area contributed by atoms with Gasteiger partial charge in [0.25, 0.3) is 15.9 Å². The van der Waals surface area contributed by atoms with Crippen LogP contribution in [0.4, 0.5) is 5.69 Å². The van der Waals surface area contributed by atoms with Gasteiger partial charge in [0.05, 0.1) is 16.5 Å². The third-order valence-corrected chi connectivity index (χ3v) is 4.87. The van der Waals surface area contributed by atoms with Gasteiger partial charge in [-0.3, -0.25) is 9.52 Å². The van der Waals surface area contributed by atoms with Gasteiger partial charge in [-0.2, -0.15) is 5.26 Å². The molecule has 0 atom stereocenters. The van der Waals surface area contributed by atoms with Crippen molar-refractivity contribution in [2.75, 3.05) is 11.3 Å². The molecule has 130 valence electrons. The number of unbranched alkanes of at least 4 members (excludes halogenated alkanes) is 1. The number of rotatable bonds is 7. The van der Waals surface area contributed by atoms with Crippen molar-refractivity contribution in [3.63, 3.8) is 0 Å². The number of hydrogen-bond donors (Lipinski definition) is 2. The van der Waals surface area contributed by atoms with Crippen molar-refractivity contribution >= 4 is 21.6 Å². The summed E-state index contributed by atoms with van der Waals surface area (Å²) in [5, 5.41) is 11.5. The van der Waals surface area contributed by atoms with E-state index in [0.717, 1.165) is 12.8 Å². The highest BCUT2D eigenvalue weighted by atomic mass is 32.2. The fourth-order valence-electron chi connectivity index (χ4n) is 2.11. The van der Waals surface area contributed by atoms with Gasteiger partial charge >= 0.3 is 0 Å². The van der Waals surface area contributed by atoms with Crippen LogP contribution >= 0.6 is 0 Å². The highest BCUT2D eigenvalue weighted by Gasteiger charge is 2.16. The molecule has 0 aliphatic rings. The minimum absolute atomic E-state index is 0.00000115. The Morgan fingerprint density at radius 3 is 2.52 bits per heavy atom. The standard InChI is InChI=1S/C18H19N3O3S/c1-2-3-11-20-18(22)15-5-4-6-17(12-15)25(23,24)21-16-9-7-14(13-19)8-10-16/h4-10,12,21H,2-3,11H2,1H3,(H,20,22). The number of carbonyl (C=O) groups is 1. The van der Waals surface area contributed by atoms with Crippen molar-refractivity contribution in [3.05, 3.63) is 59.7 Å². The van der Waals surface area contributed by atoms with E-state index in [-0.39, 0.29) is 10.8 Å². The summed E-state index contributed by atoms with van der Waals surface area (Å²) < 4.78 is 27.4. The fourth-order valence-corrected chi connectivity index (χ4v) is 3.22. The molecule has 0 heterocycles. The average Bonchev–Trinajstić information content (AvgIpc) is 2.62. The van der Waals surface area contributed by atoms with Crippen LogP contribution in [0.15, 0.2) is 53.4 Å². The molecule has 25 heavy (non-hydrogen) atoms. The number of anilines is 1. The first-order valence-electron chi connectivity index (χ1n) is 7.87. The summed E-state index contributed by atoms with van der Waals surface area (Å²) >= 11 is 0. The van der Waals surface area contributed by atoms with Crippen molar-refractivity contribution in [2.45, 2.75) is 24.7 Å². The van der Waals surface area contributed by atoms with Crippen molar-refractivity contribution in [3.8, 4) is 6.07 Å². The summed E-state index contributed by atoms with van der Waals surface area (Å²) in [6.07, 6.45) is 1.83. The first kappa shape index (κ1) is 18.5. The van der Waals surface area contributed by atoms with E-state index in [9.17, 15) is 13.2 Å². The Kier molecular flexibility index (Phi) is 6.14. The van der Waals surface area contributed by atoms with Crippen LogP contribution in [-0.4, -0.2) is 20.9 Å². The van der Waals surface area contributed by atoms with Gasteiger partial charge in [0, 0.05) is 17.8 Å². The Bertz CT molecular complexity index is 885. The molecule has 0 saturated heterocycles. The molecule has 2 aromatic carbocycles. The summed E-state index contributed by atoms with van der Waals surface area (Å²) in [7, 11) is -3.83. The summed E-state index contributed by atoms with van der Waals surface area (Å²) in [5.74, 6) is -0.302. The number of nitrogens with one attached hydrogen (secondary N) is 2. The number of nitrogens with zero attached hydrogens (tertiary/aromatic N) is 1. The molecule has 0 unspecified atom stereocenters. The molecule has 7 heteroatoms. The summed E-state index contributed by atoms with van der Waals surface area (Å²) in [6, 6.07) is 13.9. The largest absolute Gasteiger partial charge is 0.352 e. The van der Waals surface area contributed by atoms with Crippen LogP contribution in [0.1, 0.15) is 35.7 Å². The number of amides is 1. The Morgan fingerprint density at radius 1 is 1.16 bits per heavy atom. The fraction of sp³-hybridized carbons (Fsp3) is 0.222. The van der Waals surface area contributed by atoms with Crippen molar-refractivity contribution in [1.29, 1.82) is 5.26 Å². The van der Waals surface area contributed by atoms with Crippen LogP contribution in [-0.2, 0) is 10.0 Å². The smallest absolute Gasteiger partial charge is 0.261 e. The van der Waals surface area contributed by atoms with Crippen LogP contribution < -0.4 is 10.0 Å². The van der Waals surface area contributed by atoms with E-state index in [2.05, 4.69) is 10.0 Å². The lowest BCUT2D eigenvalue weighted by Crippen LogP contribution is -2.24. The molecule has 0 saturated carbocycles. The SMILES string of the molecule is CCCCNC(=O)c1cccc(S(=O)(=O)Nc2ccc(C#N)cc2)c1. The summed E-state index contributed by atoms with van der Waals surface area (Å²) in [5.41, 5.74) is 1.07. The lowest BCUT2D eigenvalue weighted by atomic mass is 10.2. The van der Waals surface area contributed by atoms with Gasteiger partial charge in [0.2, 0.25) is 0 Å². The predicted molar refractivity (Wildman–Crippen MR) is 95.6 cm³/mol. The second-order valence-corrected chi connectivity index (χ2v) is 7.11. The molecule has 2 N–H and O–H groups in total. The number of nitriles is 1. The Hall–Kier alpha value is -2.85. The number of benzene rings is 2. The lowest BCUT2D eigenvalue weighted by Gasteiger charge is -2.10. The first-order chi connectivity index (χ1) is 12.0. The minimum Gasteiger partial charge on any atom is -0.352 e. The normalized spacial score (nSPS) is 10.7. The molecule has 0 fully saturated rings. The molecule has 0 aliphatic heterocycles. The summed E-state index contributed by atoms with van der Waals surface area (Å²) in [4.78, 5) is 12.1. The number of sulfonamides is 1. The quantitative estimate of drug-likeness (QED) is 0.744. The second kappa shape index (κ2) is 8.31. The Labute approximate surface area is 147 Å². The molecule has 0 aliphatic carbocycles. The molecule has 6 nitrogen and oxygen atoms in total. The molecule has 0 radical (unpaired) electrons. The highest BCUT2D eigenvalue weighted by molar-refractivity contribution is 7.92. The second-order valence-electron chi connectivity index (χ2n) is 5.43. The maximum atomic E-state index is 12.5. The van der Waals surface area contributed by atoms with Gasteiger partial charge < -0.3 is 5.32 Å². The monoisotopic (exact) mass is 357 g/mol. The molecule has 2 rings (SSSR count). The van der Waals surface area contributed by atoms with E-state index in [1.807, 2.05) is 13.0 Å². The van der Waals surface area contributed by atoms with E-state index in [4.69, 9.17) is 5.26 Å². The maximum Gasteiger partial charge on any atom is 0.261 e. The molecular formula is C18H19N3O3S. The molecule has 1 amide bonds. The average molecular weight is 357 g/mol. The number of carbonyl (C=O) groups excluding carboxylic acids is 1. The Morgan fingerprint density at radius 2 is 1.88 bits per heavy atom. The zero-order valence-corrected chi connectivity index (χ0v) is 14.6. The molecule has 2 aromatic rings. The van der Waals surface area contributed by atoms with Gasteiger partial charge in [-0.15, -0.1) is 0 Å². The van der Waals surface area contributed by atoms with E-state index in [1.54, 1.807) is 6.07 Å². The summed E-state index contributed by atoms with van der Waals surface area (Å²) in [6.45, 7) is 2.57. The molecule has 0 bridgehead atoms. The zero-order valence-electron chi connectivity index (χ0n) is 13.8. The van der Waals surface area contributed by atoms with Crippen LogP contribution in [0.5, 0.6) is 0 Å². The van der Waals surface area contributed by atoms with Gasteiger partial charge in [-0.05, 0) is 48.9 Å². The third-order valence-electron chi connectivity index (χ3n) is 3.49. The van der Waals surface area contributed by atoms with Gasteiger partial charge in [-0.1, -0.05) is 19.4 Å². The van der Waals surface area contributed by atoms with Gasteiger partial charge in [0.1, 0.15) is 0 Å². The van der Waals surface area contributed by atoms with Crippen molar-refractivity contribution in [1.82, 2.24) is 5.32 Å². The highest BCUT2D eigenvalue weighted by Crippen LogP contribution is 2.17. The molecule has 0 spiro atoms. The minimum atomic E-state index is -3.83. The maximum absolute atomic E-state index is 12.5. The van der Waals surface area contributed by atoms with E-state index in [1.165, 1.54) is 42.5 Å². The number of hydrogen-bond acceptors (Lipinski definition) is 4. The van der Waals surface area contributed by atoms with Crippen LogP contribution in [0.2, 0.25) is 0 Å². The third kappa shape index (κ3) is 5.06. The van der Waals surface area contributed by atoms with Crippen LogP contribution in [0.3, 0.4) is 0 Å². The topological polar surface area (TPSA) is 99.1 Å². The Balaban J connectivity index is 2.17. The predicted octanol–water partition coefficient (Wildman–Crippen LogP) is 2.89. The zero-order chi connectivity index (χ0) is 18.3. The van der Waals surface area contributed by atoms with Crippen LogP contribution in [0.25, 0.3) is 0 Å². The first-order valence-corrected chi connectivity index (χ1v) is 9.36. The van der Waals surface area contributed by atoms with E-state index in [0.29, 0.717) is 23.4 Å². The van der Waals surface area contributed by atoms with Crippen LogP contribution in [0, 0.1) is 11.3 Å². The van der Waals surface area contributed by atoms with E-state index >= 15 is 0 Å². The molecule has 0 aromatic heterocycles. The van der Waals surface area contributed by atoms with Crippen molar-refractivity contribution < 1.29 is 13.2 Å². The van der Waals surface area contributed by atoms with Crippen molar-refractivity contribution in [2.24, 2.45) is 0 Å². The molecular weight excluding hydrogens is 338 g/mol. The van der Waals surface area contributed by atoms with Gasteiger partial charge in [0.15, 0.2) is 0 Å². The van der Waals surface area contributed by atoms with Gasteiger partial charge in [-0.25, -0.2) is 8.42 Å².